The predicted molar refractivity (Wildman–Crippen MR) is 148 cm³/mol. The van der Waals surface area contributed by atoms with Crippen LogP contribution in [0.4, 0.5) is 24.5 Å². The van der Waals surface area contributed by atoms with E-state index in [2.05, 4.69) is 26.6 Å². The van der Waals surface area contributed by atoms with Crippen LogP contribution in [0.2, 0.25) is 5.02 Å². The smallest absolute Gasteiger partial charge is 0.416 e. The van der Waals surface area contributed by atoms with E-state index in [-0.39, 0.29) is 43.0 Å². The summed E-state index contributed by atoms with van der Waals surface area (Å²) in [5.41, 5.74) is -1.36. The fourth-order valence-electron chi connectivity index (χ4n) is 3.27. The Morgan fingerprint density at radius 2 is 1.73 bits per heavy atom. The van der Waals surface area contributed by atoms with Crippen molar-refractivity contribution in [3.63, 3.8) is 0 Å². The summed E-state index contributed by atoms with van der Waals surface area (Å²) in [5.74, 6) is -1.72. The van der Waals surface area contributed by atoms with Crippen LogP contribution < -0.4 is 19.6 Å². The van der Waals surface area contributed by atoms with Crippen molar-refractivity contribution in [1.82, 2.24) is 0 Å². The van der Waals surface area contributed by atoms with Gasteiger partial charge in [0.25, 0.3) is 5.91 Å². The van der Waals surface area contributed by atoms with Gasteiger partial charge in [-0.2, -0.15) is 26.9 Å². The number of nitrogens with zero attached hydrogens (tertiary/aromatic N) is 1. The molecule has 214 valence electrons. The van der Waals surface area contributed by atoms with Crippen LogP contribution in [0.1, 0.15) is 18.1 Å². The van der Waals surface area contributed by atoms with E-state index in [1.165, 1.54) is 50.4 Å². The van der Waals surface area contributed by atoms with Gasteiger partial charge in [0.1, 0.15) is 16.5 Å². The zero-order valence-corrected chi connectivity index (χ0v) is 24.1. The molecule has 15 heteroatoms. The van der Waals surface area contributed by atoms with Crippen molar-refractivity contribution < 1.29 is 40.1 Å². The molecule has 41 heavy (non-hydrogen) atoms. The van der Waals surface area contributed by atoms with E-state index in [1.54, 1.807) is 6.07 Å². The first-order valence-electron chi connectivity index (χ1n) is 11.1. The van der Waals surface area contributed by atoms with Gasteiger partial charge in [0.05, 0.1) is 27.9 Å². The number of halogens is 5. The zero-order valence-electron chi connectivity index (χ0n) is 21.0. The van der Waals surface area contributed by atoms with Crippen LogP contribution in [0.15, 0.2) is 69.5 Å². The Labute approximate surface area is 245 Å². The maximum absolute atomic E-state index is 13.1. The van der Waals surface area contributed by atoms with Crippen molar-refractivity contribution in [1.29, 1.82) is 5.26 Å². The highest BCUT2D eigenvalue weighted by atomic mass is 79.9. The van der Waals surface area contributed by atoms with Crippen molar-refractivity contribution in [2.45, 2.75) is 18.0 Å². The molecule has 2 amide bonds. The summed E-state index contributed by atoms with van der Waals surface area (Å²) in [6, 6.07) is 11.8. The van der Waals surface area contributed by atoms with Crippen LogP contribution in [-0.4, -0.2) is 27.3 Å². The molecule has 2 N–H and O–H groups in total. The molecule has 0 radical (unpaired) electrons. The molecule has 0 saturated heterocycles. The average molecular weight is 673 g/mol. The molecule has 0 spiro atoms. The number of amides is 2. The third kappa shape index (κ3) is 8.00. The maximum atomic E-state index is 13.1. The van der Waals surface area contributed by atoms with E-state index in [4.69, 9.17) is 20.5 Å². The first kappa shape index (κ1) is 31.5. The molecule has 0 saturated carbocycles. The first-order valence-corrected chi connectivity index (χ1v) is 13.7. The Kier molecular flexibility index (Phi) is 9.69. The van der Waals surface area contributed by atoms with Gasteiger partial charge in [0.15, 0.2) is 11.5 Å². The molecule has 0 fully saturated rings. The Morgan fingerprint density at radius 1 is 1.07 bits per heavy atom. The Balaban J connectivity index is 1.89. The summed E-state index contributed by atoms with van der Waals surface area (Å²) < 4.78 is 75.5. The SMILES string of the molecule is COc1cc(/C=C(\C#N)C(=O)Nc2cc(C(F)(F)F)ccc2Cl)cc(Br)c1OS(=O)(=O)c1ccc(NC(C)=O)cc1. The Bertz CT molecular complexity index is 1690. The number of benzene rings is 3. The van der Waals surface area contributed by atoms with E-state index >= 15 is 0 Å². The predicted octanol–water partition coefficient (Wildman–Crippen LogP) is 6.40. The van der Waals surface area contributed by atoms with Gasteiger partial charge in [0.2, 0.25) is 5.91 Å². The lowest BCUT2D eigenvalue weighted by Gasteiger charge is -2.14. The lowest BCUT2D eigenvalue weighted by atomic mass is 10.1. The van der Waals surface area contributed by atoms with Crippen molar-refractivity contribution in [2.75, 3.05) is 17.7 Å². The molecule has 0 heterocycles. The third-order valence-corrected chi connectivity index (χ3v) is 7.28. The zero-order chi connectivity index (χ0) is 30.5. The number of nitriles is 1. The molecular formula is C26H18BrClF3N3O6S. The minimum atomic E-state index is -4.69. The van der Waals surface area contributed by atoms with Gasteiger partial charge < -0.3 is 19.6 Å². The number of carbonyl (C=O) groups is 2. The Morgan fingerprint density at radius 3 is 2.29 bits per heavy atom. The second kappa shape index (κ2) is 12.6. The monoisotopic (exact) mass is 671 g/mol. The normalized spacial score (nSPS) is 11.8. The molecule has 3 aromatic carbocycles. The number of hydrogen-bond donors (Lipinski definition) is 2. The van der Waals surface area contributed by atoms with Gasteiger partial charge in [-0.05, 0) is 82.2 Å². The molecule has 9 nitrogen and oxygen atoms in total. The number of carbonyl (C=O) groups excluding carboxylic acids is 2. The van der Waals surface area contributed by atoms with Crippen LogP contribution in [0.5, 0.6) is 11.5 Å². The van der Waals surface area contributed by atoms with Crippen LogP contribution in [0.3, 0.4) is 0 Å². The molecule has 0 aromatic heterocycles. The van der Waals surface area contributed by atoms with Crippen molar-refractivity contribution in [3.05, 3.63) is 80.8 Å². The largest absolute Gasteiger partial charge is 0.493 e. The standard InChI is InChI=1S/C26H18BrClF3N3O6S/c1-14(35)33-18-4-6-19(7-5-18)41(37,38)40-24-20(27)10-15(11-23(24)39-2)9-16(13-32)25(36)34-22-12-17(26(29,30)31)3-8-21(22)28/h3-12H,1-2H3,(H,33,35)(H,34,36)/b16-9+. The van der Waals surface area contributed by atoms with Gasteiger partial charge in [-0.25, -0.2) is 0 Å². The number of hydrogen-bond acceptors (Lipinski definition) is 7. The molecule has 0 unspecified atom stereocenters. The molecule has 0 aliphatic heterocycles. The van der Waals surface area contributed by atoms with E-state index in [0.717, 1.165) is 18.2 Å². The van der Waals surface area contributed by atoms with E-state index < -0.39 is 33.3 Å². The number of alkyl halides is 3. The highest BCUT2D eigenvalue weighted by Gasteiger charge is 2.31. The average Bonchev–Trinajstić information content (AvgIpc) is 2.89. The van der Waals surface area contributed by atoms with Crippen molar-refractivity contribution in [3.8, 4) is 17.6 Å². The van der Waals surface area contributed by atoms with E-state index in [9.17, 15) is 36.4 Å². The van der Waals surface area contributed by atoms with Gasteiger partial charge in [-0.3, -0.25) is 9.59 Å². The number of anilines is 2. The van der Waals surface area contributed by atoms with E-state index in [1.807, 2.05) is 0 Å². The van der Waals surface area contributed by atoms with Crippen LogP contribution >= 0.6 is 27.5 Å². The molecule has 0 atom stereocenters. The summed E-state index contributed by atoms with van der Waals surface area (Å²) in [4.78, 5) is 23.6. The number of nitrogens with one attached hydrogen (secondary N) is 2. The number of rotatable bonds is 8. The second-order valence-electron chi connectivity index (χ2n) is 8.09. The quantitative estimate of drug-likeness (QED) is 0.161. The summed E-state index contributed by atoms with van der Waals surface area (Å²) in [5, 5.41) is 14.0. The lowest BCUT2D eigenvalue weighted by molar-refractivity contribution is -0.137. The molecule has 0 aliphatic rings. The number of methoxy groups -OCH3 is 1. The molecule has 3 rings (SSSR count). The third-order valence-electron chi connectivity index (χ3n) is 5.13. The maximum Gasteiger partial charge on any atom is 0.416 e. The van der Waals surface area contributed by atoms with Crippen molar-refractivity contribution in [2.24, 2.45) is 0 Å². The summed E-state index contributed by atoms with van der Waals surface area (Å²) >= 11 is 9.10. The minimum Gasteiger partial charge on any atom is -0.493 e. The minimum absolute atomic E-state index is 0.0696. The second-order valence-corrected chi connectivity index (χ2v) is 10.9. The van der Waals surface area contributed by atoms with Gasteiger partial charge >= 0.3 is 16.3 Å². The summed E-state index contributed by atoms with van der Waals surface area (Å²) in [6.45, 7) is 1.30. The van der Waals surface area contributed by atoms with Crippen LogP contribution in [-0.2, 0) is 25.9 Å². The first-order chi connectivity index (χ1) is 19.1. The van der Waals surface area contributed by atoms with Gasteiger partial charge in [-0.1, -0.05) is 11.6 Å². The molecule has 3 aromatic rings. The van der Waals surface area contributed by atoms with Crippen LogP contribution in [0.25, 0.3) is 6.08 Å². The summed E-state index contributed by atoms with van der Waals surface area (Å²) in [6.07, 6.45) is -3.59. The number of ether oxygens (including phenoxy) is 1. The fraction of sp³-hybridized carbons (Fsp3) is 0.115. The fourth-order valence-corrected chi connectivity index (χ4v) is 5.04. The van der Waals surface area contributed by atoms with E-state index in [0.29, 0.717) is 11.8 Å². The topological polar surface area (TPSA) is 135 Å². The molecule has 0 bridgehead atoms. The summed E-state index contributed by atoms with van der Waals surface area (Å²) in [7, 11) is -3.14. The highest BCUT2D eigenvalue weighted by molar-refractivity contribution is 9.10. The Hall–Kier alpha value is -4.06. The molecule has 0 aliphatic carbocycles. The lowest BCUT2D eigenvalue weighted by Crippen LogP contribution is -2.15. The highest BCUT2D eigenvalue weighted by Crippen LogP contribution is 2.39. The van der Waals surface area contributed by atoms with Crippen LogP contribution in [0, 0.1) is 11.3 Å². The van der Waals surface area contributed by atoms with Gasteiger partial charge in [0, 0.05) is 12.6 Å². The van der Waals surface area contributed by atoms with Gasteiger partial charge in [-0.15, -0.1) is 0 Å². The van der Waals surface area contributed by atoms with Crippen molar-refractivity contribution >= 4 is 66.9 Å². The molecular weight excluding hydrogens is 655 g/mol.